The van der Waals surface area contributed by atoms with Gasteiger partial charge in [-0.25, -0.2) is 10.3 Å². The molecular weight excluding hydrogens is 120 g/mol. The van der Waals surface area contributed by atoms with E-state index in [4.69, 9.17) is 5.73 Å². The van der Waals surface area contributed by atoms with Crippen molar-refractivity contribution in [1.82, 2.24) is 5.48 Å². The number of nitrogens with one attached hydrogen (secondary N) is 1. The highest BCUT2D eigenvalue weighted by Crippen LogP contribution is 1.79. The molecule has 0 fully saturated rings. The third-order valence-electron chi connectivity index (χ3n) is 0.497. The summed E-state index contributed by atoms with van der Waals surface area (Å²) in [5, 5.41) is 0. The third kappa shape index (κ3) is 3.16. The van der Waals surface area contributed by atoms with E-state index < -0.39 is 5.97 Å². The second kappa shape index (κ2) is 3.54. The first-order chi connectivity index (χ1) is 4.18. The van der Waals surface area contributed by atoms with Crippen LogP contribution >= 0.6 is 0 Å². The van der Waals surface area contributed by atoms with Crippen LogP contribution in [0.2, 0.25) is 0 Å². The Morgan fingerprint density at radius 3 is 2.67 bits per heavy atom. The molecule has 9 heavy (non-hydrogen) atoms. The second-order valence-electron chi connectivity index (χ2n) is 1.24. The molecule has 0 saturated carbocycles. The van der Waals surface area contributed by atoms with E-state index in [1.807, 2.05) is 0 Å². The summed E-state index contributed by atoms with van der Waals surface area (Å²) in [6.07, 6.45) is 1.21. The van der Waals surface area contributed by atoms with Gasteiger partial charge in [-0.1, -0.05) is 13.2 Å². The summed E-state index contributed by atoms with van der Waals surface area (Å²) in [5.74, 6) is -0.699. The Labute approximate surface area is 52.9 Å². The Kier molecular flexibility index (Phi) is 2.97. The van der Waals surface area contributed by atoms with Crippen molar-refractivity contribution in [2.24, 2.45) is 5.73 Å². The summed E-state index contributed by atoms with van der Waals surface area (Å²) in [7, 11) is 0. The minimum absolute atomic E-state index is 0.149. The lowest BCUT2D eigenvalue weighted by molar-refractivity contribution is -0.144. The summed E-state index contributed by atoms with van der Waals surface area (Å²) < 4.78 is 0. The lowest BCUT2D eigenvalue weighted by atomic mass is 10.5. The van der Waals surface area contributed by atoms with Crippen LogP contribution in [-0.2, 0) is 9.63 Å². The molecule has 0 aromatic heterocycles. The number of rotatable bonds is 3. The summed E-state index contributed by atoms with van der Waals surface area (Å²) >= 11 is 0. The molecule has 0 rings (SSSR count). The third-order valence-corrected chi connectivity index (χ3v) is 0.497. The predicted molar refractivity (Wildman–Crippen MR) is 32.8 cm³/mol. The number of hydrogen-bond donors (Lipinski definition) is 2. The molecule has 0 radical (unpaired) electrons. The molecular formula is C5H8N2O2. The summed E-state index contributed by atoms with van der Waals surface area (Å²) in [5.41, 5.74) is 6.89. The maximum absolute atomic E-state index is 10.3. The molecule has 0 amide bonds. The molecule has 4 heteroatoms. The van der Waals surface area contributed by atoms with Gasteiger partial charge in [-0.15, -0.1) is 0 Å². The Bertz CT molecular complexity index is 142. The van der Waals surface area contributed by atoms with E-state index in [2.05, 4.69) is 23.5 Å². The quantitative estimate of drug-likeness (QED) is 0.403. The second-order valence-corrected chi connectivity index (χ2v) is 1.24. The van der Waals surface area contributed by atoms with Crippen LogP contribution in [0.25, 0.3) is 0 Å². The van der Waals surface area contributed by atoms with Crippen molar-refractivity contribution < 1.29 is 9.63 Å². The summed E-state index contributed by atoms with van der Waals surface area (Å²) in [6, 6.07) is 0. The first-order valence-corrected chi connectivity index (χ1v) is 2.20. The van der Waals surface area contributed by atoms with Gasteiger partial charge in [0.2, 0.25) is 0 Å². The zero-order chi connectivity index (χ0) is 7.28. The maximum Gasteiger partial charge on any atom is 0.377 e. The fraction of sp³-hybridized carbons (Fsp3) is 0. The van der Waals surface area contributed by atoms with Gasteiger partial charge in [-0.2, -0.15) is 0 Å². The SMILES string of the molecule is C=CNOC(=O)C(=C)N. The van der Waals surface area contributed by atoms with Gasteiger partial charge in [-0.3, -0.25) is 0 Å². The summed E-state index contributed by atoms with van der Waals surface area (Å²) in [4.78, 5) is 14.6. The molecule has 50 valence electrons. The van der Waals surface area contributed by atoms with Crippen molar-refractivity contribution in [2.75, 3.05) is 0 Å². The molecule has 0 aromatic carbocycles. The van der Waals surface area contributed by atoms with Crippen LogP contribution in [0, 0.1) is 0 Å². The predicted octanol–water partition coefficient (Wildman–Crippen LogP) is -0.350. The number of hydroxylamine groups is 1. The van der Waals surface area contributed by atoms with Crippen LogP contribution < -0.4 is 11.2 Å². The van der Waals surface area contributed by atoms with Crippen LogP contribution in [0.5, 0.6) is 0 Å². The number of nitrogens with two attached hydrogens (primary N) is 1. The molecule has 0 aliphatic heterocycles. The van der Waals surface area contributed by atoms with E-state index in [0.717, 1.165) is 0 Å². The molecule has 0 aromatic rings. The van der Waals surface area contributed by atoms with Gasteiger partial charge in [0.05, 0.1) is 0 Å². The number of carbonyl (C=O) groups excluding carboxylic acids is 1. The van der Waals surface area contributed by atoms with Crippen molar-refractivity contribution in [3.8, 4) is 0 Å². The Morgan fingerprint density at radius 2 is 2.33 bits per heavy atom. The van der Waals surface area contributed by atoms with Crippen LogP contribution in [0.1, 0.15) is 0 Å². The molecule has 0 bridgehead atoms. The van der Waals surface area contributed by atoms with Gasteiger partial charge in [0, 0.05) is 6.20 Å². The van der Waals surface area contributed by atoms with Crippen molar-refractivity contribution in [2.45, 2.75) is 0 Å². The normalized spacial score (nSPS) is 7.56. The Balaban J connectivity index is 3.51. The standard InChI is InChI=1S/C5H8N2O2/c1-3-7-9-5(8)4(2)6/h3,7H,1-2,6H2. The van der Waals surface area contributed by atoms with Crippen LogP contribution in [-0.4, -0.2) is 5.97 Å². The van der Waals surface area contributed by atoms with Gasteiger partial charge >= 0.3 is 5.97 Å². The number of hydrogen-bond acceptors (Lipinski definition) is 4. The van der Waals surface area contributed by atoms with Gasteiger partial charge in [0.25, 0.3) is 0 Å². The highest BCUT2D eigenvalue weighted by molar-refractivity contribution is 5.86. The first kappa shape index (κ1) is 7.55. The fourth-order valence-corrected chi connectivity index (χ4v) is 0.161. The lowest BCUT2D eigenvalue weighted by Gasteiger charge is -1.98. The average Bonchev–Trinajstić information content (AvgIpc) is 1.82. The molecule has 3 N–H and O–H groups in total. The Morgan fingerprint density at radius 1 is 1.78 bits per heavy atom. The molecule has 0 aliphatic carbocycles. The van der Waals surface area contributed by atoms with Crippen LogP contribution in [0.4, 0.5) is 0 Å². The largest absolute Gasteiger partial charge is 0.393 e. The monoisotopic (exact) mass is 128 g/mol. The Hall–Kier alpha value is -1.45. The van der Waals surface area contributed by atoms with E-state index in [1.165, 1.54) is 6.20 Å². The van der Waals surface area contributed by atoms with Gasteiger partial charge in [-0.05, 0) is 0 Å². The highest BCUT2D eigenvalue weighted by Gasteiger charge is 2.00. The zero-order valence-corrected chi connectivity index (χ0v) is 4.89. The van der Waals surface area contributed by atoms with Gasteiger partial charge < -0.3 is 10.6 Å². The van der Waals surface area contributed by atoms with Crippen molar-refractivity contribution >= 4 is 5.97 Å². The van der Waals surface area contributed by atoms with E-state index in [9.17, 15) is 4.79 Å². The molecule has 0 heterocycles. The average molecular weight is 128 g/mol. The van der Waals surface area contributed by atoms with E-state index in [-0.39, 0.29) is 5.70 Å². The molecule has 0 spiro atoms. The number of carbonyl (C=O) groups is 1. The van der Waals surface area contributed by atoms with Gasteiger partial charge in [0.15, 0.2) is 0 Å². The fourth-order valence-electron chi connectivity index (χ4n) is 0.161. The van der Waals surface area contributed by atoms with Gasteiger partial charge in [0.1, 0.15) is 5.70 Å². The topological polar surface area (TPSA) is 64.3 Å². The molecule has 0 atom stereocenters. The zero-order valence-electron chi connectivity index (χ0n) is 4.89. The van der Waals surface area contributed by atoms with E-state index >= 15 is 0 Å². The van der Waals surface area contributed by atoms with Crippen LogP contribution in [0.15, 0.2) is 25.1 Å². The van der Waals surface area contributed by atoms with E-state index in [0.29, 0.717) is 0 Å². The van der Waals surface area contributed by atoms with Crippen LogP contribution in [0.3, 0.4) is 0 Å². The van der Waals surface area contributed by atoms with Crippen molar-refractivity contribution in [1.29, 1.82) is 0 Å². The minimum atomic E-state index is -0.699. The minimum Gasteiger partial charge on any atom is -0.393 e. The molecule has 0 unspecified atom stereocenters. The van der Waals surface area contributed by atoms with Crippen molar-refractivity contribution in [3.05, 3.63) is 25.1 Å². The summed E-state index contributed by atoms with van der Waals surface area (Å²) in [6.45, 7) is 6.37. The highest BCUT2D eigenvalue weighted by atomic mass is 16.7. The van der Waals surface area contributed by atoms with Crippen molar-refractivity contribution in [3.63, 3.8) is 0 Å². The molecule has 4 nitrogen and oxygen atoms in total. The first-order valence-electron chi connectivity index (χ1n) is 2.20. The lowest BCUT2D eigenvalue weighted by Crippen LogP contribution is -2.19. The smallest absolute Gasteiger partial charge is 0.377 e. The maximum atomic E-state index is 10.3. The molecule has 0 aliphatic rings. The van der Waals surface area contributed by atoms with E-state index in [1.54, 1.807) is 0 Å². The molecule has 0 saturated heterocycles.